The van der Waals surface area contributed by atoms with Gasteiger partial charge in [0.1, 0.15) is 0 Å². The largest absolute Gasteiger partial charge is 0.355 e. The summed E-state index contributed by atoms with van der Waals surface area (Å²) in [7, 11) is 0. The van der Waals surface area contributed by atoms with Crippen molar-refractivity contribution in [1.29, 1.82) is 0 Å². The van der Waals surface area contributed by atoms with E-state index >= 15 is 0 Å². The van der Waals surface area contributed by atoms with E-state index in [1.807, 2.05) is 36.4 Å². The predicted molar refractivity (Wildman–Crippen MR) is 123 cm³/mol. The van der Waals surface area contributed by atoms with E-state index in [0.29, 0.717) is 21.4 Å². The minimum Gasteiger partial charge on any atom is -0.355 e. The molecule has 1 aliphatic rings. The molecule has 0 bridgehead atoms. The van der Waals surface area contributed by atoms with Crippen molar-refractivity contribution in [3.8, 4) is 11.3 Å². The minimum atomic E-state index is -0.383. The Bertz CT molecular complexity index is 998. The lowest BCUT2D eigenvalue weighted by Gasteiger charge is -2.27. The fourth-order valence-corrected chi connectivity index (χ4v) is 3.94. The molecule has 0 saturated carbocycles. The molecule has 154 valence electrons. The maximum atomic E-state index is 12.2. The van der Waals surface area contributed by atoms with Crippen molar-refractivity contribution >= 4 is 46.4 Å². The van der Waals surface area contributed by atoms with Gasteiger partial charge in [-0.1, -0.05) is 35.3 Å². The summed E-state index contributed by atoms with van der Waals surface area (Å²) in [6.45, 7) is 2.08. The van der Waals surface area contributed by atoms with Crippen LogP contribution >= 0.6 is 23.2 Å². The van der Waals surface area contributed by atoms with Crippen LogP contribution in [0.25, 0.3) is 11.3 Å². The Morgan fingerprint density at radius 1 is 0.800 bits per heavy atom. The molecule has 8 heteroatoms. The zero-order valence-electron chi connectivity index (χ0n) is 16.2. The smallest absolute Gasteiger partial charge is 0.323 e. The van der Waals surface area contributed by atoms with Crippen molar-refractivity contribution in [1.82, 2.24) is 10.2 Å². The molecule has 1 fully saturated rings. The second-order valence-corrected chi connectivity index (χ2v) is 8.01. The number of hydrogen-bond donors (Lipinski definition) is 2. The number of carbonyl (C=O) groups excluding carboxylic acids is 1. The van der Waals surface area contributed by atoms with Crippen LogP contribution in [0.15, 0.2) is 54.6 Å². The molecule has 0 radical (unpaired) electrons. The lowest BCUT2D eigenvalue weighted by atomic mass is 10.1. The number of nitrogens with zero attached hydrogens (tertiary/aromatic N) is 3. The number of hydrogen-bond acceptors (Lipinski definition) is 4. The van der Waals surface area contributed by atoms with E-state index < -0.39 is 0 Å². The highest BCUT2D eigenvalue weighted by Crippen LogP contribution is 2.24. The van der Waals surface area contributed by atoms with E-state index in [-0.39, 0.29) is 6.03 Å². The number of amides is 2. The molecular formula is C22H21Cl2N5O. The number of carbonyl (C=O) groups is 1. The number of nitrogens with one attached hydrogen (secondary N) is 2. The summed E-state index contributed by atoms with van der Waals surface area (Å²) < 4.78 is 0. The molecule has 0 atom stereocenters. The molecule has 2 aromatic carbocycles. The van der Waals surface area contributed by atoms with Crippen LogP contribution in [0.3, 0.4) is 0 Å². The second-order valence-electron chi connectivity index (χ2n) is 7.14. The van der Waals surface area contributed by atoms with Crippen molar-refractivity contribution in [2.24, 2.45) is 0 Å². The number of anilines is 3. The summed E-state index contributed by atoms with van der Waals surface area (Å²) >= 11 is 11.9. The summed E-state index contributed by atoms with van der Waals surface area (Å²) in [6.07, 6.45) is 3.69. The van der Waals surface area contributed by atoms with Crippen molar-refractivity contribution in [3.05, 3.63) is 64.6 Å². The zero-order chi connectivity index (χ0) is 20.9. The van der Waals surface area contributed by atoms with Crippen LogP contribution in [0, 0.1) is 0 Å². The van der Waals surface area contributed by atoms with Crippen LogP contribution in [-0.4, -0.2) is 29.3 Å². The number of rotatable bonds is 4. The van der Waals surface area contributed by atoms with Crippen LogP contribution in [-0.2, 0) is 0 Å². The topological polar surface area (TPSA) is 70.2 Å². The minimum absolute atomic E-state index is 0.383. The van der Waals surface area contributed by atoms with Gasteiger partial charge in [0, 0.05) is 40.1 Å². The first kappa shape index (κ1) is 20.4. The average molecular weight is 442 g/mol. The molecule has 4 rings (SSSR count). The lowest BCUT2D eigenvalue weighted by Crippen LogP contribution is -2.30. The zero-order valence-corrected chi connectivity index (χ0v) is 17.7. The van der Waals surface area contributed by atoms with Gasteiger partial charge in [0.15, 0.2) is 5.82 Å². The van der Waals surface area contributed by atoms with Crippen LogP contribution in [0.4, 0.5) is 22.0 Å². The highest BCUT2D eigenvalue weighted by molar-refractivity contribution is 6.35. The van der Waals surface area contributed by atoms with Crippen LogP contribution in [0.2, 0.25) is 10.0 Å². The Balaban J connectivity index is 1.38. The van der Waals surface area contributed by atoms with Crippen molar-refractivity contribution < 1.29 is 4.79 Å². The third kappa shape index (κ3) is 5.20. The summed E-state index contributed by atoms with van der Waals surface area (Å²) in [4.78, 5) is 14.5. The predicted octanol–water partition coefficient (Wildman–Crippen LogP) is 6.08. The van der Waals surface area contributed by atoms with Crippen LogP contribution in [0.1, 0.15) is 19.3 Å². The molecule has 3 aromatic rings. The Morgan fingerprint density at radius 2 is 1.47 bits per heavy atom. The third-order valence-corrected chi connectivity index (χ3v) is 5.33. The van der Waals surface area contributed by atoms with Crippen LogP contribution < -0.4 is 15.5 Å². The summed E-state index contributed by atoms with van der Waals surface area (Å²) in [6, 6.07) is 15.9. The summed E-state index contributed by atoms with van der Waals surface area (Å²) in [5.74, 6) is 0.925. The third-order valence-electron chi connectivity index (χ3n) is 4.89. The Labute approximate surface area is 185 Å². The van der Waals surface area contributed by atoms with Gasteiger partial charge in [0.25, 0.3) is 0 Å². The van der Waals surface area contributed by atoms with Gasteiger partial charge in [0.2, 0.25) is 0 Å². The number of urea groups is 1. The van der Waals surface area contributed by atoms with Gasteiger partial charge < -0.3 is 15.5 Å². The molecule has 30 heavy (non-hydrogen) atoms. The highest BCUT2D eigenvalue weighted by Gasteiger charge is 2.13. The molecule has 2 N–H and O–H groups in total. The molecule has 1 saturated heterocycles. The van der Waals surface area contributed by atoms with Gasteiger partial charge in [-0.15, -0.1) is 10.2 Å². The first-order chi connectivity index (χ1) is 14.6. The lowest BCUT2D eigenvalue weighted by molar-refractivity contribution is 0.262. The number of aromatic nitrogens is 2. The van der Waals surface area contributed by atoms with E-state index in [1.165, 1.54) is 19.3 Å². The summed E-state index contributed by atoms with van der Waals surface area (Å²) in [5, 5.41) is 15.2. The van der Waals surface area contributed by atoms with Gasteiger partial charge in [0.05, 0.1) is 5.69 Å². The molecule has 0 spiro atoms. The van der Waals surface area contributed by atoms with E-state index in [4.69, 9.17) is 23.2 Å². The van der Waals surface area contributed by atoms with Crippen molar-refractivity contribution in [3.63, 3.8) is 0 Å². The Hall–Kier alpha value is -2.83. The van der Waals surface area contributed by atoms with Crippen molar-refractivity contribution in [2.45, 2.75) is 19.3 Å². The highest BCUT2D eigenvalue weighted by atomic mass is 35.5. The maximum Gasteiger partial charge on any atom is 0.323 e. The second kappa shape index (κ2) is 9.32. The van der Waals surface area contributed by atoms with Gasteiger partial charge in [-0.2, -0.15) is 0 Å². The number of halogens is 2. The molecule has 2 amide bonds. The van der Waals surface area contributed by atoms with Gasteiger partial charge in [-0.25, -0.2) is 4.79 Å². The molecule has 6 nitrogen and oxygen atoms in total. The van der Waals surface area contributed by atoms with Gasteiger partial charge >= 0.3 is 6.03 Å². The molecule has 1 aromatic heterocycles. The molecule has 2 heterocycles. The quantitative estimate of drug-likeness (QED) is 0.514. The van der Waals surface area contributed by atoms with Gasteiger partial charge in [-0.3, -0.25) is 0 Å². The Kier molecular flexibility index (Phi) is 6.35. The maximum absolute atomic E-state index is 12.2. The monoisotopic (exact) mass is 441 g/mol. The van der Waals surface area contributed by atoms with Gasteiger partial charge in [-0.05, 0) is 61.7 Å². The fraction of sp³-hybridized carbons (Fsp3) is 0.227. The molecular weight excluding hydrogens is 421 g/mol. The van der Waals surface area contributed by atoms with E-state index in [9.17, 15) is 4.79 Å². The first-order valence-electron chi connectivity index (χ1n) is 9.80. The van der Waals surface area contributed by atoms with E-state index in [1.54, 1.807) is 18.2 Å². The first-order valence-corrected chi connectivity index (χ1v) is 10.6. The average Bonchev–Trinajstić information content (AvgIpc) is 2.74. The number of benzene rings is 2. The van der Waals surface area contributed by atoms with Crippen molar-refractivity contribution in [2.75, 3.05) is 28.6 Å². The normalized spacial score (nSPS) is 13.7. The van der Waals surface area contributed by atoms with Crippen LogP contribution in [0.5, 0.6) is 0 Å². The Morgan fingerprint density at radius 3 is 2.10 bits per heavy atom. The number of piperidine rings is 1. The van der Waals surface area contributed by atoms with E-state index in [2.05, 4.69) is 25.7 Å². The molecule has 1 aliphatic heterocycles. The molecule has 0 unspecified atom stereocenters. The fourth-order valence-electron chi connectivity index (χ4n) is 3.41. The molecule has 0 aliphatic carbocycles. The standard InChI is InChI=1S/C22H21Cl2N5O/c23-16-12-17(24)14-19(13-16)26-22(30)25-18-6-4-15(5-7-18)20-8-9-21(28-27-20)29-10-2-1-3-11-29/h4-9,12-14H,1-3,10-11H2,(H2,25,26,30). The summed E-state index contributed by atoms with van der Waals surface area (Å²) in [5.41, 5.74) is 2.90. The van der Waals surface area contributed by atoms with E-state index in [0.717, 1.165) is 30.2 Å². The SMILES string of the molecule is O=C(Nc1ccc(-c2ccc(N3CCCCC3)nn2)cc1)Nc1cc(Cl)cc(Cl)c1.